The highest BCUT2D eigenvalue weighted by Gasteiger charge is 2.42. The number of hydrogen-bond donors (Lipinski definition) is 5. The summed E-state index contributed by atoms with van der Waals surface area (Å²) in [5.41, 5.74) is -5.40. The van der Waals surface area contributed by atoms with Gasteiger partial charge in [0.05, 0.1) is 12.5 Å². The summed E-state index contributed by atoms with van der Waals surface area (Å²) in [6, 6.07) is 8.56. The number of nitrogens with one attached hydrogen (secondary N) is 5. The summed E-state index contributed by atoms with van der Waals surface area (Å²) in [4.78, 5) is 77.8. The molecule has 39 heavy (non-hydrogen) atoms. The van der Waals surface area contributed by atoms with Crippen molar-refractivity contribution in [3.8, 4) is 0 Å². The van der Waals surface area contributed by atoms with E-state index in [-0.39, 0.29) is 6.61 Å². The Morgan fingerprint density at radius 3 is 1.56 bits per heavy atom. The van der Waals surface area contributed by atoms with E-state index in [9.17, 15) is 28.8 Å². The van der Waals surface area contributed by atoms with Gasteiger partial charge in [-0.25, -0.2) is 4.79 Å². The van der Waals surface area contributed by atoms with E-state index >= 15 is 0 Å². The fourth-order valence-electron chi connectivity index (χ4n) is 3.57. The van der Waals surface area contributed by atoms with Crippen LogP contribution in [0.2, 0.25) is 0 Å². The van der Waals surface area contributed by atoms with Crippen LogP contribution in [0.15, 0.2) is 30.3 Å². The van der Waals surface area contributed by atoms with Crippen molar-refractivity contribution >= 4 is 35.5 Å². The smallest absolute Gasteiger partial charge is 0.331 e. The van der Waals surface area contributed by atoms with Gasteiger partial charge in [-0.15, -0.1) is 0 Å². The fourth-order valence-corrected chi connectivity index (χ4v) is 3.57. The number of benzene rings is 1. The van der Waals surface area contributed by atoms with Crippen molar-refractivity contribution in [3.63, 3.8) is 0 Å². The van der Waals surface area contributed by atoms with Gasteiger partial charge in [0.25, 0.3) is 0 Å². The number of ether oxygens (including phenoxy) is 1. The second kappa shape index (κ2) is 11.4. The molecule has 1 atom stereocenters. The highest BCUT2D eigenvalue weighted by molar-refractivity contribution is 6.00. The third-order valence-corrected chi connectivity index (χ3v) is 6.27. The van der Waals surface area contributed by atoms with Crippen LogP contribution in [0.1, 0.15) is 66.9 Å². The van der Waals surface area contributed by atoms with Crippen molar-refractivity contribution < 1.29 is 33.5 Å². The van der Waals surface area contributed by atoms with E-state index in [0.29, 0.717) is 5.56 Å². The summed E-state index contributed by atoms with van der Waals surface area (Å²) in [5, 5.41) is 12.8. The van der Waals surface area contributed by atoms with Gasteiger partial charge in [-0.05, 0) is 61.0 Å². The minimum atomic E-state index is -1.52. The molecular weight excluding hydrogens is 506 g/mol. The Bertz CT molecular complexity index is 1140. The number of carbonyl (C=O) groups excluding carboxylic acids is 6. The topological polar surface area (TPSA) is 172 Å². The average molecular weight is 546 g/mol. The van der Waals surface area contributed by atoms with Crippen molar-refractivity contribution in [2.24, 2.45) is 0 Å². The molecule has 1 unspecified atom stereocenters. The van der Waals surface area contributed by atoms with Gasteiger partial charge >= 0.3 is 5.97 Å². The maximum Gasteiger partial charge on any atom is 0.331 e. The molecule has 0 radical (unpaired) electrons. The Balaban J connectivity index is 2.44. The molecule has 1 fully saturated rings. The zero-order valence-corrected chi connectivity index (χ0v) is 23.7. The Morgan fingerprint density at radius 1 is 0.641 bits per heavy atom. The van der Waals surface area contributed by atoms with Crippen LogP contribution in [0.25, 0.3) is 0 Å². The molecule has 0 aliphatic carbocycles. The van der Waals surface area contributed by atoms with Crippen LogP contribution >= 0.6 is 0 Å². The molecule has 214 valence electrons. The second-order valence-electron chi connectivity index (χ2n) is 11.7. The lowest BCUT2D eigenvalue weighted by Gasteiger charge is -2.35. The molecule has 2 rings (SSSR count). The van der Waals surface area contributed by atoms with Gasteiger partial charge in [0.2, 0.25) is 29.5 Å². The Morgan fingerprint density at radius 2 is 1.08 bits per heavy atom. The van der Waals surface area contributed by atoms with Crippen LogP contribution in [0.4, 0.5) is 0 Å². The lowest BCUT2D eigenvalue weighted by molar-refractivity contribution is -0.154. The molecule has 1 saturated heterocycles. The monoisotopic (exact) mass is 545 g/mol. The lowest BCUT2D eigenvalue weighted by Crippen LogP contribution is -2.67. The molecule has 5 amide bonds. The van der Waals surface area contributed by atoms with Crippen LogP contribution in [0.3, 0.4) is 0 Å². The predicted octanol–water partition coefficient (Wildman–Crippen LogP) is 0.0224. The molecule has 0 bridgehead atoms. The van der Waals surface area contributed by atoms with E-state index in [0.717, 1.165) is 0 Å². The van der Waals surface area contributed by atoms with Crippen LogP contribution in [0, 0.1) is 0 Å². The molecule has 12 heteroatoms. The maximum absolute atomic E-state index is 13.1. The molecule has 0 saturated carbocycles. The highest BCUT2D eigenvalue weighted by Crippen LogP contribution is 2.19. The van der Waals surface area contributed by atoms with E-state index < -0.39 is 70.1 Å². The number of esters is 1. The summed E-state index contributed by atoms with van der Waals surface area (Å²) in [7, 11) is 0. The largest absolute Gasteiger partial charge is 0.463 e. The van der Waals surface area contributed by atoms with E-state index in [4.69, 9.17) is 4.74 Å². The fraction of sp³-hybridized carbons (Fsp3) is 0.556. The molecule has 12 nitrogen and oxygen atoms in total. The number of hydrogen-bond acceptors (Lipinski definition) is 7. The van der Waals surface area contributed by atoms with Gasteiger partial charge in [0, 0.05) is 0 Å². The van der Waals surface area contributed by atoms with Crippen LogP contribution in [0.5, 0.6) is 0 Å². The van der Waals surface area contributed by atoms with Crippen molar-refractivity contribution in [2.75, 3.05) is 13.2 Å². The van der Waals surface area contributed by atoms with E-state index in [1.165, 1.54) is 55.4 Å². The molecular formula is C27H39N5O7. The number of amides is 5. The summed E-state index contributed by atoms with van der Waals surface area (Å²) < 4.78 is 5.45. The minimum absolute atomic E-state index is 0.363. The zero-order chi connectivity index (χ0) is 29.8. The first-order chi connectivity index (χ1) is 17.8. The van der Waals surface area contributed by atoms with Crippen LogP contribution in [-0.4, -0.2) is 70.8 Å². The lowest BCUT2D eigenvalue weighted by atomic mass is 9.95. The first-order valence-corrected chi connectivity index (χ1v) is 12.6. The highest BCUT2D eigenvalue weighted by atomic mass is 16.5. The first-order valence-electron chi connectivity index (χ1n) is 12.6. The molecule has 1 heterocycles. The summed E-state index contributed by atoms with van der Waals surface area (Å²) in [6.45, 7) is 10.7. The van der Waals surface area contributed by atoms with Gasteiger partial charge in [-0.1, -0.05) is 30.3 Å². The Hall–Kier alpha value is -3.96. The predicted molar refractivity (Wildman–Crippen MR) is 142 cm³/mol. The number of carbonyl (C=O) groups is 6. The summed E-state index contributed by atoms with van der Waals surface area (Å²) in [5.74, 6) is -5.00. The molecule has 0 spiro atoms. The third-order valence-electron chi connectivity index (χ3n) is 6.27. The van der Waals surface area contributed by atoms with Crippen molar-refractivity contribution in [1.82, 2.24) is 26.6 Å². The molecule has 1 aliphatic heterocycles. The molecule has 1 aliphatic rings. The van der Waals surface area contributed by atoms with E-state index in [1.807, 2.05) is 0 Å². The normalized spacial score (nSPS) is 24.3. The number of rotatable bonds is 1. The maximum atomic E-state index is 13.1. The van der Waals surface area contributed by atoms with Crippen molar-refractivity contribution in [1.29, 1.82) is 0 Å². The van der Waals surface area contributed by atoms with Gasteiger partial charge in [0.1, 0.15) is 28.8 Å². The van der Waals surface area contributed by atoms with E-state index in [2.05, 4.69) is 26.6 Å². The SMILES string of the molecule is CC1(C)NC(=O)CNC(=O)C(c2ccccc2)COC(=O)C(C)(C)NC(=O)C(C)(C)NC(=O)C(C)(C)NC1=O. The van der Waals surface area contributed by atoms with Crippen LogP contribution < -0.4 is 26.6 Å². The third kappa shape index (κ3) is 8.01. The summed E-state index contributed by atoms with van der Waals surface area (Å²) >= 11 is 0. The Kier molecular flexibility index (Phi) is 9.15. The molecule has 0 aromatic heterocycles. The quantitative estimate of drug-likeness (QED) is 0.310. The zero-order valence-electron chi connectivity index (χ0n) is 23.7. The van der Waals surface area contributed by atoms with Gasteiger partial charge in [0.15, 0.2) is 0 Å². The van der Waals surface area contributed by atoms with E-state index in [1.54, 1.807) is 30.3 Å². The second-order valence-corrected chi connectivity index (χ2v) is 11.7. The average Bonchev–Trinajstić information content (AvgIpc) is 2.81. The van der Waals surface area contributed by atoms with Gasteiger partial charge in [-0.3, -0.25) is 24.0 Å². The Labute approximate surface area is 228 Å². The number of cyclic esters (lactones) is 1. The van der Waals surface area contributed by atoms with Crippen LogP contribution in [-0.2, 0) is 33.5 Å². The first kappa shape index (κ1) is 31.3. The standard InChI is InChI=1S/C27H39N5O7/c1-24(2)20(35)30-25(3,4)21(36)31-26(5,6)22(37)32-27(7,8)23(38)39-15-17(16-12-10-9-11-13-16)19(34)28-14-18(33)29-24/h9-13,17H,14-15H2,1-8H3,(H,28,34)(H,29,33)(H,30,35)(H,31,36)(H,32,37). The molecule has 5 N–H and O–H groups in total. The van der Waals surface area contributed by atoms with Gasteiger partial charge in [-0.2, -0.15) is 0 Å². The molecule has 1 aromatic rings. The van der Waals surface area contributed by atoms with Gasteiger partial charge < -0.3 is 31.3 Å². The van der Waals surface area contributed by atoms with Crippen molar-refractivity contribution in [3.05, 3.63) is 35.9 Å². The molecule has 1 aromatic carbocycles. The van der Waals surface area contributed by atoms with Crippen molar-refractivity contribution in [2.45, 2.75) is 83.5 Å². The minimum Gasteiger partial charge on any atom is -0.463 e. The summed E-state index contributed by atoms with van der Waals surface area (Å²) in [6.07, 6.45) is 0.